The zero-order chi connectivity index (χ0) is 24.3. The van der Waals surface area contributed by atoms with Crippen LogP contribution < -0.4 is 15.4 Å². The predicted molar refractivity (Wildman–Crippen MR) is 140 cm³/mol. The van der Waals surface area contributed by atoms with E-state index >= 15 is 0 Å². The molecule has 0 aliphatic carbocycles. The van der Waals surface area contributed by atoms with Crippen molar-refractivity contribution in [3.05, 3.63) is 88.4 Å². The van der Waals surface area contributed by atoms with Gasteiger partial charge in [-0.25, -0.2) is 0 Å². The number of hydrogen-bond donors (Lipinski definition) is 2. The van der Waals surface area contributed by atoms with Gasteiger partial charge in [0.1, 0.15) is 5.75 Å². The molecule has 3 aromatic carbocycles. The summed E-state index contributed by atoms with van der Waals surface area (Å²) in [6, 6.07) is 22.1. The fourth-order valence-electron chi connectivity index (χ4n) is 3.63. The van der Waals surface area contributed by atoms with Crippen molar-refractivity contribution in [1.29, 1.82) is 0 Å². The molecule has 0 heterocycles. The number of nitrogens with one attached hydrogen (secondary N) is 2. The summed E-state index contributed by atoms with van der Waals surface area (Å²) in [6.45, 7) is 8.17. The summed E-state index contributed by atoms with van der Waals surface area (Å²) in [6.07, 6.45) is 0. The smallest absolute Gasteiger partial charge is 0.258 e. The van der Waals surface area contributed by atoms with E-state index in [1.54, 1.807) is 0 Å². The van der Waals surface area contributed by atoms with E-state index in [1.807, 2.05) is 37.4 Å². The standard InChI is InChI=1S/C28H34ClN3O2/c1-4-32(16-15-30-3)19-25-17-24(23-9-5-21(2)6-10-23)11-14-27(25)34-20-28(33)31-18-22-7-12-26(29)13-8-22/h5-14,17,30H,4,15-16,18-20H2,1-3H3,(H,31,33). The number of amides is 1. The van der Waals surface area contributed by atoms with E-state index in [1.165, 1.54) is 5.56 Å². The largest absolute Gasteiger partial charge is 0.483 e. The number of rotatable bonds is 12. The van der Waals surface area contributed by atoms with Crippen LogP contribution in [0.1, 0.15) is 23.6 Å². The third kappa shape index (κ3) is 7.87. The summed E-state index contributed by atoms with van der Waals surface area (Å²) >= 11 is 5.92. The van der Waals surface area contributed by atoms with Gasteiger partial charge in [0.05, 0.1) is 0 Å². The maximum absolute atomic E-state index is 12.4. The van der Waals surface area contributed by atoms with Crippen LogP contribution in [0.3, 0.4) is 0 Å². The molecule has 0 bridgehead atoms. The highest BCUT2D eigenvalue weighted by Gasteiger charge is 2.13. The molecule has 0 aliphatic rings. The van der Waals surface area contributed by atoms with Crippen LogP contribution >= 0.6 is 11.6 Å². The molecule has 5 nitrogen and oxygen atoms in total. The lowest BCUT2D eigenvalue weighted by atomic mass is 10.0. The molecule has 2 N–H and O–H groups in total. The van der Waals surface area contributed by atoms with Crippen molar-refractivity contribution in [3.8, 4) is 16.9 Å². The van der Waals surface area contributed by atoms with Gasteiger partial charge in [-0.05, 0) is 61.5 Å². The number of ether oxygens (including phenoxy) is 1. The first-order valence-corrected chi connectivity index (χ1v) is 12.1. The molecule has 34 heavy (non-hydrogen) atoms. The minimum atomic E-state index is -0.161. The number of aryl methyl sites for hydroxylation is 1. The van der Waals surface area contributed by atoms with Crippen LogP contribution in [0.4, 0.5) is 0 Å². The van der Waals surface area contributed by atoms with Gasteiger partial charge in [0.2, 0.25) is 0 Å². The average Bonchev–Trinajstić information content (AvgIpc) is 2.85. The number of halogens is 1. The second-order valence-electron chi connectivity index (χ2n) is 8.35. The van der Waals surface area contributed by atoms with Gasteiger partial charge in [-0.3, -0.25) is 9.69 Å². The zero-order valence-electron chi connectivity index (χ0n) is 20.2. The van der Waals surface area contributed by atoms with Crippen LogP contribution in [0.5, 0.6) is 5.75 Å². The lowest BCUT2D eigenvalue weighted by Gasteiger charge is -2.22. The first-order chi connectivity index (χ1) is 16.5. The summed E-state index contributed by atoms with van der Waals surface area (Å²) in [7, 11) is 1.96. The maximum Gasteiger partial charge on any atom is 0.258 e. The van der Waals surface area contributed by atoms with Crippen molar-refractivity contribution in [2.75, 3.05) is 33.3 Å². The van der Waals surface area contributed by atoms with E-state index in [-0.39, 0.29) is 12.5 Å². The Bertz CT molecular complexity index is 1050. The summed E-state index contributed by atoms with van der Waals surface area (Å²) < 4.78 is 5.99. The third-order valence-corrected chi connectivity index (χ3v) is 5.98. The molecule has 0 radical (unpaired) electrons. The van der Waals surface area contributed by atoms with E-state index in [2.05, 4.69) is 65.8 Å². The van der Waals surface area contributed by atoms with E-state index in [4.69, 9.17) is 16.3 Å². The minimum Gasteiger partial charge on any atom is -0.483 e. The minimum absolute atomic E-state index is 0.0346. The number of carbonyl (C=O) groups is 1. The number of likely N-dealkylation sites (N-methyl/N-ethyl adjacent to an activating group) is 2. The summed E-state index contributed by atoms with van der Waals surface area (Å²) in [4.78, 5) is 14.8. The Balaban J connectivity index is 1.71. The Morgan fingerprint density at radius 3 is 2.38 bits per heavy atom. The van der Waals surface area contributed by atoms with Crippen molar-refractivity contribution < 1.29 is 9.53 Å². The van der Waals surface area contributed by atoms with Gasteiger partial charge in [0.25, 0.3) is 5.91 Å². The summed E-state index contributed by atoms with van der Waals surface area (Å²) in [5.41, 5.74) is 5.60. The summed E-state index contributed by atoms with van der Waals surface area (Å²) in [5, 5.41) is 6.79. The topological polar surface area (TPSA) is 53.6 Å². The van der Waals surface area contributed by atoms with Gasteiger partial charge >= 0.3 is 0 Å². The Hall–Kier alpha value is -2.86. The highest BCUT2D eigenvalue weighted by molar-refractivity contribution is 6.30. The fourth-order valence-corrected chi connectivity index (χ4v) is 3.75. The average molecular weight is 480 g/mol. The molecule has 0 spiro atoms. The normalized spacial score (nSPS) is 11.0. The molecule has 0 aliphatic heterocycles. The van der Waals surface area contributed by atoms with Crippen molar-refractivity contribution in [3.63, 3.8) is 0 Å². The number of carbonyl (C=O) groups excluding carboxylic acids is 1. The second kappa shape index (κ2) is 13.1. The quantitative estimate of drug-likeness (QED) is 0.381. The van der Waals surface area contributed by atoms with E-state index in [0.29, 0.717) is 11.6 Å². The van der Waals surface area contributed by atoms with Gasteiger partial charge in [0.15, 0.2) is 6.61 Å². The first kappa shape index (κ1) is 25.8. The first-order valence-electron chi connectivity index (χ1n) is 11.7. The zero-order valence-corrected chi connectivity index (χ0v) is 21.0. The number of benzene rings is 3. The van der Waals surface area contributed by atoms with Crippen LogP contribution in [0.25, 0.3) is 11.1 Å². The van der Waals surface area contributed by atoms with Crippen LogP contribution in [-0.2, 0) is 17.9 Å². The lowest BCUT2D eigenvalue weighted by Crippen LogP contribution is -2.31. The van der Waals surface area contributed by atoms with Gasteiger partial charge in [-0.15, -0.1) is 0 Å². The SMILES string of the molecule is CCN(CCNC)Cc1cc(-c2ccc(C)cc2)ccc1OCC(=O)NCc1ccc(Cl)cc1. The van der Waals surface area contributed by atoms with Crippen LogP contribution in [0, 0.1) is 6.92 Å². The Labute approximate surface area is 208 Å². The molecule has 1 amide bonds. The third-order valence-electron chi connectivity index (χ3n) is 5.73. The van der Waals surface area contributed by atoms with Crippen LogP contribution in [0.15, 0.2) is 66.7 Å². The van der Waals surface area contributed by atoms with E-state index in [9.17, 15) is 4.79 Å². The number of nitrogens with zero attached hydrogens (tertiary/aromatic N) is 1. The number of hydrogen-bond acceptors (Lipinski definition) is 4. The summed E-state index contributed by atoms with van der Waals surface area (Å²) in [5.74, 6) is 0.575. The monoisotopic (exact) mass is 479 g/mol. The Morgan fingerprint density at radius 2 is 1.71 bits per heavy atom. The molecular weight excluding hydrogens is 446 g/mol. The molecule has 3 aromatic rings. The van der Waals surface area contributed by atoms with E-state index in [0.717, 1.165) is 54.2 Å². The van der Waals surface area contributed by atoms with Gasteiger partial charge in [0, 0.05) is 36.8 Å². The lowest BCUT2D eigenvalue weighted by molar-refractivity contribution is -0.123. The fraction of sp³-hybridized carbons (Fsp3) is 0.321. The molecule has 0 saturated heterocycles. The highest BCUT2D eigenvalue weighted by Crippen LogP contribution is 2.28. The van der Waals surface area contributed by atoms with Crippen LogP contribution in [0.2, 0.25) is 5.02 Å². The molecular formula is C28H34ClN3O2. The van der Waals surface area contributed by atoms with Crippen LogP contribution in [-0.4, -0.2) is 44.1 Å². The molecule has 6 heteroatoms. The van der Waals surface area contributed by atoms with Crippen molar-refractivity contribution in [1.82, 2.24) is 15.5 Å². The molecule has 0 saturated carbocycles. The molecule has 180 valence electrons. The van der Waals surface area contributed by atoms with Crippen molar-refractivity contribution in [2.24, 2.45) is 0 Å². The highest BCUT2D eigenvalue weighted by atomic mass is 35.5. The van der Waals surface area contributed by atoms with Gasteiger partial charge in [-0.2, -0.15) is 0 Å². The Kier molecular flexibility index (Phi) is 9.95. The Morgan fingerprint density at radius 1 is 1.00 bits per heavy atom. The molecule has 3 rings (SSSR count). The van der Waals surface area contributed by atoms with E-state index < -0.39 is 0 Å². The van der Waals surface area contributed by atoms with Gasteiger partial charge < -0.3 is 15.4 Å². The van der Waals surface area contributed by atoms with Gasteiger partial charge in [-0.1, -0.05) is 66.6 Å². The van der Waals surface area contributed by atoms with Crippen molar-refractivity contribution >= 4 is 17.5 Å². The second-order valence-corrected chi connectivity index (χ2v) is 8.79. The van der Waals surface area contributed by atoms with Crippen molar-refractivity contribution in [2.45, 2.75) is 26.9 Å². The molecule has 0 fully saturated rings. The molecule has 0 atom stereocenters. The molecule has 0 unspecified atom stereocenters. The molecule has 0 aromatic heterocycles. The predicted octanol–water partition coefficient (Wildman–Crippen LogP) is 5.05. The maximum atomic E-state index is 12.4.